The fourth-order valence-electron chi connectivity index (χ4n) is 3.43. The maximum Gasteiger partial charge on any atom is 0.270 e. The van der Waals surface area contributed by atoms with Crippen molar-refractivity contribution >= 4 is 11.6 Å². The van der Waals surface area contributed by atoms with E-state index in [1.807, 2.05) is 18.2 Å². The number of carbonyl (C=O) groups is 1. The van der Waals surface area contributed by atoms with Crippen LogP contribution in [-0.4, -0.2) is 26.9 Å². The van der Waals surface area contributed by atoms with Crippen molar-refractivity contribution in [2.45, 2.75) is 19.6 Å². The van der Waals surface area contributed by atoms with Gasteiger partial charge in [0, 0.05) is 12.7 Å². The molecule has 0 aliphatic carbocycles. The van der Waals surface area contributed by atoms with Crippen LogP contribution in [0.15, 0.2) is 66.9 Å². The van der Waals surface area contributed by atoms with Gasteiger partial charge in [-0.25, -0.2) is 13.8 Å². The van der Waals surface area contributed by atoms with Crippen molar-refractivity contribution in [3.63, 3.8) is 0 Å². The summed E-state index contributed by atoms with van der Waals surface area (Å²) in [7, 11) is 0. The normalized spacial score (nSPS) is 12.0. The number of carbonyl (C=O) groups excluding carboxylic acids is 1. The summed E-state index contributed by atoms with van der Waals surface area (Å²) < 4.78 is 35.0. The summed E-state index contributed by atoms with van der Waals surface area (Å²) in [6.45, 7) is 1.38. The molecule has 2 heterocycles. The molecule has 0 radical (unpaired) electrons. The number of imidazole rings is 1. The molecule has 8 heteroatoms. The fourth-order valence-corrected chi connectivity index (χ4v) is 3.43. The summed E-state index contributed by atoms with van der Waals surface area (Å²) in [4.78, 5) is 17.2. The number of aliphatic hydroxyl groups is 1. The lowest BCUT2D eigenvalue weighted by atomic mass is 10.1. The van der Waals surface area contributed by atoms with Crippen LogP contribution < -0.4 is 10.1 Å². The van der Waals surface area contributed by atoms with Gasteiger partial charge in [0.05, 0.1) is 17.4 Å². The van der Waals surface area contributed by atoms with Gasteiger partial charge in [-0.1, -0.05) is 36.4 Å². The second kappa shape index (κ2) is 9.15. The molecule has 0 spiro atoms. The van der Waals surface area contributed by atoms with Crippen molar-refractivity contribution in [1.29, 1.82) is 0 Å². The number of amides is 1. The van der Waals surface area contributed by atoms with E-state index >= 15 is 0 Å². The third-order valence-electron chi connectivity index (χ3n) is 5.08. The summed E-state index contributed by atoms with van der Waals surface area (Å²) in [6.07, 6.45) is 0.795. The van der Waals surface area contributed by atoms with Gasteiger partial charge >= 0.3 is 0 Å². The average Bonchev–Trinajstić information content (AvgIpc) is 3.14. The highest BCUT2D eigenvalue weighted by Crippen LogP contribution is 2.24. The minimum absolute atomic E-state index is 0.0261. The first kappa shape index (κ1) is 21.5. The Labute approximate surface area is 183 Å². The van der Waals surface area contributed by atoms with Crippen molar-refractivity contribution in [1.82, 2.24) is 14.7 Å². The van der Waals surface area contributed by atoms with Gasteiger partial charge in [0.25, 0.3) is 5.91 Å². The molecule has 1 amide bonds. The van der Waals surface area contributed by atoms with Gasteiger partial charge in [-0.05, 0) is 36.8 Å². The SMILES string of the molecule is Cc1nc2c(OCc3c(F)cccc3F)cccn2c1C(=O)NC[C@@H](O)c1ccccc1. The zero-order valence-corrected chi connectivity index (χ0v) is 17.3. The van der Waals surface area contributed by atoms with Gasteiger partial charge in [-0.2, -0.15) is 0 Å². The number of halogens is 2. The fraction of sp³-hybridized carbons (Fsp3) is 0.167. The smallest absolute Gasteiger partial charge is 0.270 e. The van der Waals surface area contributed by atoms with Gasteiger partial charge in [0.2, 0.25) is 0 Å². The average molecular weight is 437 g/mol. The molecule has 4 aromatic rings. The summed E-state index contributed by atoms with van der Waals surface area (Å²) in [5.74, 6) is -1.54. The number of hydrogen-bond acceptors (Lipinski definition) is 4. The van der Waals surface area contributed by atoms with Crippen LogP contribution in [0, 0.1) is 18.6 Å². The molecule has 0 bridgehead atoms. The van der Waals surface area contributed by atoms with Crippen molar-refractivity contribution in [3.8, 4) is 5.75 Å². The minimum atomic E-state index is -0.853. The van der Waals surface area contributed by atoms with E-state index in [-0.39, 0.29) is 30.2 Å². The van der Waals surface area contributed by atoms with Crippen LogP contribution in [0.3, 0.4) is 0 Å². The second-order valence-electron chi connectivity index (χ2n) is 7.24. The number of pyridine rings is 1. The molecule has 2 aromatic heterocycles. The molecule has 2 aromatic carbocycles. The minimum Gasteiger partial charge on any atom is -0.485 e. The van der Waals surface area contributed by atoms with E-state index in [1.165, 1.54) is 6.07 Å². The number of aromatic nitrogens is 2. The Hall–Kier alpha value is -3.78. The van der Waals surface area contributed by atoms with Crippen molar-refractivity contribution in [2.75, 3.05) is 6.54 Å². The second-order valence-corrected chi connectivity index (χ2v) is 7.24. The van der Waals surface area contributed by atoms with E-state index in [9.17, 15) is 18.7 Å². The van der Waals surface area contributed by atoms with Gasteiger partial charge in [0.1, 0.15) is 23.9 Å². The number of nitrogens with one attached hydrogen (secondary N) is 1. The highest BCUT2D eigenvalue weighted by atomic mass is 19.1. The third-order valence-corrected chi connectivity index (χ3v) is 5.08. The molecule has 0 aliphatic rings. The molecular formula is C24H21F2N3O3. The number of aryl methyl sites for hydroxylation is 1. The van der Waals surface area contributed by atoms with Crippen LogP contribution in [-0.2, 0) is 6.61 Å². The highest BCUT2D eigenvalue weighted by molar-refractivity contribution is 5.95. The predicted molar refractivity (Wildman–Crippen MR) is 114 cm³/mol. The van der Waals surface area contributed by atoms with Crippen LogP contribution in [0.25, 0.3) is 5.65 Å². The molecule has 0 unspecified atom stereocenters. The molecule has 2 N–H and O–H groups in total. The van der Waals surface area contributed by atoms with E-state index in [1.54, 1.807) is 41.8 Å². The first-order chi connectivity index (χ1) is 15.5. The predicted octanol–water partition coefficient (Wildman–Crippen LogP) is 3.96. The summed E-state index contributed by atoms with van der Waals surface area (Å²) in [5, 5.41) is 13.0. The number of benzene rings is 2. The monoisotopic (exact) mass is 437 g/mol. The highest BCUT2D eigenvalue weighted by Gasteiger charge is 2.20. The Balaban J connectivity index is 1.53. The molecule has 0 aliphatic heterocycles. The van der Waals surface area contributed by atoms with E-state index in [0.29, 0.717) is 16.9 Å². The molecule has 0 fully saturated rings. The van der Waals surface area contributed by atoms with Crippen LogP contribution in [0.1, 0.15) is 33.4 Å². The van der Waals surface area contributed by atoms with Gasteiger partial charge in [-0.15, -0.1) is 0 Å². The number of hydrogen-bond donors (Lipinski definition) is 2. The maximum absolute atomic E-state index is 13.9. The standard InChI is InChI=1S/C24H21F2N3O3/c1-15-22(24(31)27-13-20(30)16-7-3-2-4-8-16)29-12-6-11-21(23(29)28-15)32-14-17-18(25)9-5-10-19(17)26/h2-12,20,30H,13-14H2,1H3,(H,27,31)/t20-/m1/s1. The first-order valence-corrected chi connectivity index (χ1v) is 10.00. The Morgan fingerprint density at radius 1 is 1.09 bits per heavy atom. The Bertz CT molecular complexity index is 1240. The van der Waals surface area contributed by atoms with E-state index < -0.39 is 23.6 Å². The van der Waals surface area contributed by atoms with E-state index in [2.05, 4.69) is 10.3 Å². The molecule has 164 valence electrons. The molecule has 0 saturated heterocycles. The van der Waals surface area contributed by atoms with Crippen LogP contribution in [0.4, 0.5) is 8.78 Å². The third kappa shape index (κ3) is 4.31. The van der Waals surface area contributed by atoms with Gasteiger partial charge in [-0.3, -0.25) is 9.20 Å². The topological polar surface area (TPSA) is 75.9 Å². The largest absolute Gasteiger partial charge is 0.485 e. The van der Waals surface area contributed by atoms with Crippen LogP contribution in [0.5, 0.6) is 5.75 Å². The number of nitrogens with zero attached hydrogens (tertiary/aromatic N) is 2. The number of fused-ring (bicyclic) bond motifs is 1. The molecule has 0 saturated carbocycles. The molecule has 1 atom stereocenters. The lowest BCUT2D eigenvalue weighted by molar-refractivity contribution is 0.0910. The lowest BCUT2D eigenvalue weighted by Gasteiger charge is -2.13. The van der Waals surface area contributed by atoms with Crippen LogP contribution in [0.2, 0.25) is 0 Å². The Kier molecular flexibility index (Phi) is 6.13. The molecule has 32 heavy (non-hydrogen) atoms. The van der Waals surface area contributed by atoms with Gasteiger partial charge < -0.3 is 15.2 Å². The summed E-state index contributed by atoms with van der Waals surface area (Å²) in [5.41, 5.74) is 1.58. The number of ether oxygens (including phenoxy) is 1. The Morgan fingerprint density at radius 3 is 2.53 bits per heavy atom. The van der Waals surface area contributed by atoms with E-state index in [4.69, 9.17) is 4.74 Å². The number of aliphatic hydroxyl groups excluding tert-OH is 1. The molecule has 6 nitrogen and oxygen atoms in total. The van der Waals surface area contributed by atoms with Crippen molar-refractivity contribution in [3.05, 3.63) is 101 Å². The van der Waals surface area contributed by atoms with Crippen LogP contribution >= 0.6 is 0 Å². The number of rotatable bonds is 7. The molecule has 4 rings (SSSR count). The first-order valence-electron chi connectivity index (χ1n) is 10.00. The van der Waals surface area contributed by atoms with Crippen molar-refractivity contribution < 1.29 is 23.4 Å². The Morgan fingerprint density at radius 2 is 1.81 bits per heavy atom. The zero-order valence-electron chi connectivity index (χ0n) is 17.3. The lowest BCUT2D eigenvalue weighted by Crippen LogP contribution is -2.29. The maximum atomic E-state index is 13.9. The summed E-state index contributed by atoms with van der Waals surface area (Å²) in [6, 6.07) is 15.9. The molecular weight excluding hydrogens is 416 g/mol. The van der Waals surface area contributed by atoms with E-state index in [0.717, 1.165) is 12.1 Å². The summed E-state index contributed by atoms with van der Waals surface area (Å²) >= 11 is 0. The quantitative estimate of drug-likeness (QED) is 0.459. The van der Waals surface area contributed by atoms with Gasteiger partial charge in [0.15, 0.2) is 11.4 Å². The van der Waals surface area contributed by atoms with Crippen molar-refractivity contribution in [2.24, 2.45) is 0 Å². The zero-order chi connectivity index (χ0) is 22.7.